The SMILES string of the molecule is CCCC/C=C(\C)OC. The van der Waals surface area contributed by atoms with E-state index in [2.05, 4.69) is 13.0 Å². The average Bonchev–Trinajstić information content (AvgIpc) is 1.89. The van der Waals surface area contributed by atoms with Crippen molar-refractivity contribution in [1.29, 1.82) is 0 Å². The van der Waals surface area contributed by atoms with Crippen molar-refractivity contribution in [2.24, 2.45) is 0 Å². The van der Waals surface area contributed by atoms with Crippen LogP contribution in [0.3, 0.4) is 0 Å². The molecule has 0 aromatic heterocycles. The summed E-state index contributed by atoms with van der Waals surface area (Å²) in [5, 5.41) is 0. The molecule has 0 rings (SSSR count). The molecule has 54 valence electrons. The van der Waals surface area contributed by atoms with Crippen LogP contribution < -0.4 is 0 Å². The summed E-state index contributed by atoms with van der Waals surface area (Å²) in [6.45, 7) is 4.17. The lowest BCUT2D eigenvalue weighted by atomic mass is 10.2. The molecule has 0 bridgehead atoms. The predicted octanol–water partition coefficient (Wildman–Crippen LogP) is 2.73. The summed E-state index contributed by atoms with van der Waals surface area (Å²) in [7, 11) is 1.71. The van der Waals surface area contributed by atoms with E-state index in [0.29, 0.717) is 0 Å². The minimum atomic E-state index is 1.03. The maximum Gasteiger partial charge on any atom is 0.0884 e. The normalized spacial score (nSPS) is 11.7. The summed E-state index contributed by atoms with van der Waals surface area (Å²) < 4.78 is 4.96. The maximum absolute atomic E-state index is 4.96. The van der Waals surface area contributed by atoms with Crippen molar-refractivity contribution in [1.82, 2.24) is 0 Å². The van der Waals surface area contributed by atoms with E-state index >= 15 is 0 Å². The molecule has 0 aliphatic rings. The lowest BCUT2D eigenvalue weighted by molar-refractivity contribution is 0.291. The molecular formula is C8H16O. The van der Waals surface area contributed by atoms with Crippen LogP contribution >= 0.6 is 0 Å². The molecule has 0 aromatic rings. The molecule has 0 aromatic carbocycles. The van der Waals surface area contributed by atoms with Crippen molar-refractivity contribution in [3.05, 3.63) is 11.8 Å². The minimum Gasteiger partial charge on any atom is -0.502 e. The van der Waals surface area contributed by atoms with Crippen molar-refractivity contribution in [3.8, 4) is 0 Å². The van der Waals surface area contributed by atoms with Gasteiger partial charge in [-0.15, -0.1) is 0 Å². The van der Waals surface area contributed by atoms with Crippen molar-refractivity contribution in [3.63, 3.8) is 0 Å². The van der Waals surface area contributed by atoms with E-state index in [-0.39, 0.29) is 0 Å². The van der Waals surface area contributed by atoms with Gasteiger partial charge >= 0.3 is 0 Å². The van der Waals surface area contributed by atoms with Crippen LogP contribution in [0.5, 0.6) is 0 Å². The van der Waals surface area contributed by atoms with Crippen molar-refractivity contribution in [2.45, 2.75) is 33.1 Å². The standard InChI is InChI=1S/C8H16O/c1-4-5-6-7-8(2)9-3/h7H,4-6H2,1-3H3/b8-7+. The lowest BCUT2D eigenvalue weighted by Gasteiger charge is -1.96. The van der Waals surface area contributed by atoms with E-state index in [1.807, 2.05) is 6.92 Å². The monoisotopic (exact) mass is 128 g/mol. The Morgan fingerprint density at radius 1 is 1.56 bits per heavy atom. The Bertz CT molecular complexity index is 84.6. The molecule has 0 N–H and O–H groups in total. The van der Waals surface area contributed by atoms with E-state index < -0.39 is 0 Å². The molecular weight excluding hydrogens is 112 g/mol. The largest absolute Gasteiger partial charge is 0.502 e. The first-order valence-electron chi connectivity index (χ1n) is 3.52. The first kappa shape index (κ1) is 8.54. The number of methoxy groups -OCH3 is 1. The fourth-order valence-corrected chi connectivity index (χ4v) is 0.593. The molecule has 0 saturated carbocycles. The molecule has 0 aliphatic heterocycles. The molecule has 0 aliphatic carbocycles. The van der Waals surface area contributed by atoms with Crippen LogP contribution in [0.25, 0.3) is 0 Å². The second-order valence-corrected chi connectivity index (χ2v) is 2.16. The van der Waals surface area contributed by atoms with E-state index in [1.165, 1.54) is 12.8 Å². The predicted molar refractivity (Wildman–Crippen MR) is 40.3 cm³/mol. The average molecular weight is 128 g/mol. The quantitative estimate of drug-likeness (QED) is 0.418. The Kier molecular flexibility index (Phi) is 5.38. The first-order valence-corrected chi connectivity index (χ1v) is 3.52. The molecule has 0 heterocycles. The Morgan fingerprint density at radius 2 is 2.22 bits per heavy atom. The number of unbranched alkanes of at least 4 members (excludes halogenated alkanes) is 2. The van der Waals surface area contributed by atoms with Crippen LogP contribution in [0, 0.1) is 0 Å². The topological polar surface area (TPSA) is 9.23 Å². The summed E-state index contributed by atoms with van der Waals surface area (Å²) >= 11 is 0. The lowest BCUT2D eigenvalue weighted by Crippen LogP contribution is -1.78. The molecule has 1 heteroatoms. The fourth-order valence-electron chi connectivity index (χ4n) is 0.593. The molecule has 9 heavy (non-hydrogen) atoms. The van der Waals surface area contributed by atoms with Gasteiger partial charge in [0.15, 0.2) is 0 Å². The molecule has 0 fully saturated rings. The Hall–Kier alpha value is -0.460. The Labute approximate surface area is 57.7 Å². The summed E-state index contributed by atoms with van der Waals surface area (Å²) in [5.74, 6) is 1.03. The van der Waals surface area contributed by atoms with Gasteiger partial charge in [-0.2, -0.15) is 0 Å². The van der Waals surface area contributed by atoms with Gasteiger partial charge in [0, 0.05) is 0 Å². The summed E-state index contributed by atoms with van der Waals surface area (Å²) in [5.41, 5.74) is 0. The van der Waals surface area contributed by atoms with Gasteiger partial charge in [0.05, 0.1) is 12.9 Å². The molecule has 1 nitrogen and oxygen atoms in total. The maximum atomic E-state index is 4.96. The molecule has 0 saturated heterocycles. The van der Waals surface area contributed by atoms with Crippen LogP contribution in [0.2, 0.25) is 0 Å². The highest BCUT2D eigenvalue weighted by Gasteiger charge is 1.82. The minimum absolute atomic E-state index is 1.03. The van der Waals surface area contributed by atoms with Gasteiger partial charge in [-0.05, 0) is 25.8 Å². The van der Waals surface area contributed by atoms with Gasteiger partial charge in [0.25, 0.3) is 0 Å². The zero-order valence-corrected chi connectivity index (χ0v) is 6.61. The van der Waals surface area contributed by atoms with E-state index in [9.17, 15) is 0 Å². The van der Waals surface area contributed by atoms with Crippen LogP contribution in [-0.4, -0.2) is 7.11 Å². The van der Waals surface area contributed by atoms with Crippen LogP contribution in [-0.2, 0) is 4.74 Å². The molecule has 0 spiro atoms. The van der Waals surface area contributed by atoms with Gasteiger partial charge in [-0.1, -0.05) is 13.3 Å². The van der Waals surface area contributed by atoms with Gasteiger partial charge in [0.1, 0.15) is 0 Å². The Morgan fingerprint density at radius 3 is 2.67 bits per heavy atom. The number of hydrogen-bond acceptors (Lipinski definition) is 1. The van der Waals surface area contributed by atoms with Gasteiger partial charge in [0.2, 0.25) is 0 Å². The Balaban J connectivity index is 3.21. The second kappa shape index (κ2) is 5.67. The smallest absolute Gasteiger partial charge is 0.0884 e. The molecule has 0 unspecified atom stereocenters. The number of rotatable bonds is 4. The number of hydrogen-bond donors (Lipinski definition) is 0. The highest BCUT2D eigenvalue weighted by Crippen LogP contribution is 2.00. The molecule has 0 amide bonds. The molecule has 0 radical (unpaired) electrons. The highest BCUT2D eigenvalue weighted by atomic mass is 16.5. The third-order valence-electron chi connectivity index (χ3n) is 1.31. The van der Waals surface area contributed by atoms with Crippen molar-refractivity contribution < 1.29 is 4.74 Å². The summed E-state index contributed by atoms with van der Waals surface area (Å²) in [4.78, 5) is 0. The van der Waals surface area contributed by atoms with Crippen molar-refractivity contribution in [2.75, 3.05) is 7.11 Å². The summed E-state index contributed by atoms with van der Waals surface area (Å²) in [6, 6.07) is 0. The fraction of sp³-hybridized carbons (Fsp3) is 0.750. The van der Waals surface area contributed by atoms with Gasteiger partial charge < -0.3 is 4.74 Å². The zero-order chi connectivity index (χ0) is 7.11. The van der Waals surface area contributed by atoms with Crippen LogP contribution in [0.15, 0.2) is 11.8 Å². The zero-order valence-electron chi connectivity index (χ0n) is 6.61. The second-order valence-electron chi connectivity index (χ2n) is 2.16. The number of ether oxygens (including phenoxy) is 1. The van der Waals surface area contributed by atoms with Gasteiger partial charge in [-0.3, -0.25) is 0 Å². The van der Waals surface area contributed by atoms with Crippen LogP contribution in [0.4, 0.5) is 0 Å². The summed E-state index contributed by atoms with van der Waals surface area (Å²) in [6.07, 6.45) is 5.80. The first-order chi connectivity index (χ1) is 4.31. The highest BCUT2D eigenvalue weighted by molar-refractivity contribution is 4.87. The third kappa shape index (κ3) is 5.41. The number of allylic oxidation sites excluding steroid dienone is 2. The van der Waals surface area contributed by atoms with Crippen LogP contribution in [0.1, 0.15) is 33.1 Å². The third-order valence-corrected chi connectivity index (χ3v) is 1.31. The molecule has 0 atom stereocenters. The van der Waals surface area contributed by atoms with Gasteiger partial charge in [-0.25, -0.2) is 0 Å². The van der Waals surface area contributed by atoms with E-state index in [1.54, 1.807) is 7.11 Å². The van der Waals surface area contributed by atoms with E-state index in [4.69, 9.17) is 4.74 Å². The van der Waals surface area contributed by atoms with E-state index in [0.717, 1.165) is 12.2 Å². The van der Waals surface area contributed by atoms with Crippen molar-refractivity contribution >= 4 is 0 Å².